The summed E-state index contributed by atoms with van der Waals surface area (Å²) in [5.74, 6) is 0. The number of aromatic amines is 1. The molecule has 1 heterocycles. The van der Waals surface area contributed by atoms with Crippen molar-refractivity contribution in [2.24, 2.45) is 0 Å². The molecule has 0 aromatic carbocycles. The summed E-state index contributed by atoms with van der Waals surface area (Å²) >= 11 is 0. The van der Waals surface area contributed by atoms with Crippen LogP contribution >= 0.6 is 0 Å². The number of rotatable bonds is 3. The summed E-state index contributed by atoms with van der Waals surface area (Å²) in [6.45, 7) is 5.94. The molecule has 0 spiro atoms. The van der Waals surface area contributed by atoms with E-state index in [2.05, 4.69) is 22.4 Å². The van der Waals surface area contributed by atoms with Crippen molar-refractivity contribution in [3.05, 3.63) is 17.5 Å². The molecule has 10 heavy (non-hydrogen) atoms. The highest BCUT2D eigenvalue weighted by Gasteiger charge is 1.93. The SMILES string of the molecule is CCNCc1cc(C)[nH]n1. The fraction of sp³-hybridized carbons (Fsp3) is 0.571. The molecule has 56 valence electrons. The summed E-state index contributed by atoms with van der Waals surface area (Å²) in [5.41, 5.74) is 2.20. The molecule has 0 amide bonds. The van der Waals surface area contributed by atoms with Gasteiger partial charge < -0.3 is 5.32 Å². The van der Waals surface area contributed by atoms with Crippen LogP contribution < -0.4 is 5.32 Å². The van der Waals surface area contributed by atoms with E-state index in [0.717, 1.165) is 24.5 Å². The fourth-order valence-electron chi connectivity index (χ4n) is 0.818. The van der Waals surface area contributed by atoms with Gasteiger partial charge in [-0.15, -0.1) is 0 Å². The molecule has 1 aromatic heterocycles. The van der Waals surface area contributed by atoms with E-state index in [0.29, 0.717) is 0 Å². The number of hydrogen-bond donors (Lipinski definition) is 2. The second kappa shape index (κ2) is 3.37. The monoisotopic (exact) mass is 139 g/mol. The van der Waals surface area contributed by atoms with Crippen molar-refractivity contribution in [3.63, 3.8) is 0 Å². The van der Waals surface area contributed by atoms with E-state index in [-0.39, 0.29) is 0 Å². The third kappa shape index (κ3) is 1.84. The first-order chi connectivity index (χ1) is 4.83. The van der Waals surface area contributed by atoms with E-state index in [1.165, 1.54) is 0 Å². The third-order valence-electron chi connectivity index (χ3n) is 1.32. The zero-order valence-electron chi connectivity index (χ0n) is 6.44. The van der Waals surface area contributed by atoms with Crippen LogP contribution in [-0.2, 0) is 6.54 Å². The van der Waals surface area contributed by atoms with Gasteiger partial charge in [0.15, 0.2) is 0 Å². The van der Waals surface area contributed by atoms with Gasteiger partial charge in [-0.1, -0.05) is 6.92 Å². The van der Waals surface area contributed by atoms with Crippen LogP contribution in [0.1, 0.15) is 18.3 Å². The number of H-pyrrole nitrogens is 1. The van der Waals surface area contributed by atoms with Crippen LogP contribution in [0.5, 0.6) is 0 Å². The first kappa shape index (κ1) is 7.28. The first-order valence-electron chi connectivity index (χ1n) is 3.54. The minimum absolute atomic E-state index is 0.862. The van der Waals surface area contributed by atoms with Crippen molar-refractivity contribution >= 4 is 0 Å². The van der Waals surface area contributed by atoms with Gasteiger partial charge in [0.25, 0.3) is 0 Å². The molecular formula is C7H13N3. The summed E-state index contributed by atoms with van der Waals surface area (Å²) in [6, 6.07) is 2.04. The number of nitrogens with zero attached hydrogens (tertiary/aromatic N) is 1. The average Bonchev–Trinajstić information content (AvgIpc) is 2.31. The van der Waals surface area contributed by atoms with Crippen molar-refractivity contribution < 1.29 is 0 Å². The zero-order valence-corrected chi connectivity index (χ0v) is 6.44. The number of nitrogens with one attached hydrogen (secondary N) is 2. The molecule has 1 aromatic rings. The lowest BCUT2D eigenvalue weighted by molar-refractivity contribution is 0.707. The van der Waals surface area contributed by atoms with Gasteiger partial charge in [-0.2, -0.15) is 5.10 Å². The quantitative estimate of drug-likeness (QED) is 0.651. The molecule has 0 aliphatic heterocycles. The molecule has 3 heteroatoms. The van der Waals surface area contributed by atoms with Gasteiger partial charge in [0.1, 0.15) is 0 Å². The highest BCUT2D eigenvalue weighted by Crippen LogP contribution is 1.95. The molecule has 0 aliphatic carbocycles. The van der Waals surface area contributed by atoms with E-state index >= 15 is 0 Å². The Labute approximate surface area is 60.8 Å². The predicted molar refractivity (Wildman–Crippen MR) is 40.7 cm³/mol. The lowest BCUT2D eigenvalue weighted by Gasteiger charge is -1.93. The molecule has 1 rings (SSSR count). The molecule has 0 saturated heterocycles. The van der Waals surface area contributed by atoms with Crippen molar-refractivity contribution in [3.8, 4) is 0 Å². The van der Waals surface area contributed by atoms with Gasteiger partial charge in [-0.3, -0.25) is 5.10 Å². The Morgan fingerprint density at radius 2 is 2.50 bits per heavy atom. The van der Waals surface area contributed by atoms with Crippen molar-refractivity contribution in [2.45, 2.75) is 20.4 Å². The molecule has 0 bridgehead atoms. The Morgan fingerprint density at radius 1 is 1.70 bits per heavy atom. The van der Waals surface area contributed by atoms with E-state index < -0.39 is 0 Å². The van der Waals surface area contributed by atoms with E-state index in [1.807, 2.05) is 13.0 Å². The van der Waals surface area contributed by atoms with Gasteiger partial charge in [0.05, 0.1) is 5.69 Å². The second-order valence-electron chi connectivity index (χ2n) is 2.32. The number of aromatic nitrogens is 2. The van der Waals surface area contributed by atoms with E-state index in [1.54, 1.807) is 0 Å². The lowest BCUT2D eigenvalue weighted by Crippen LogP contribution is -2.11. The van der Waals surface area contributed by atoms with Gasteiger partial charge in [-0.05, 0) is 19.5 Å². The van der Waals surface area contributed by atoms with Crippen LogP contribution in [-0.4, -0.2) is 16.7 Å². The maximum atomic E-state index is 4.07. The van der Waals surface area contributed by atoms with Crippen molar-refractivity contribution in [1.82, 2.24) is 15.5 Å². The molecule has 2 N–H and O–H groups in total. The van der Waals surface area contributed by atoms with Gasteiger partial charge in [-0.25, -0.2) is 0 Å². The topological polar surface area (TPSA) is 40.7 Å². The smallest absolute Gasteiger partial charge is 0.0762 e. The Kier molecular flexibility index (Phi) is 2.45. The summed E-state index contributed by atoms with van der Waals surface area (Å²) in [5, 5.41) is 10.1. The molecule has 0 saturated carbocycles. The van der Waals surface area contributed by atoms with Gasteiger partial charge in [0.2, 0.25) is 0 Å². The molecule has 0 radical (unpaired) electrons. The molecule has 0 fully saturated rings. The zero-order chi connectivity index (χ0) is 7.40. The largest absolute Gasteiger partial charge is 0.311 e. The van der Waals surface area contributed by atoms with Crippen molar-refractivity contribution in [1.29, 1.82) is 0 Å². The van der Waals surface area contributed by atoms with E-state index in [4.69, 9.17) is 0 Å². The summed E-state index contributed by atoms with van der Waals surface area (Å²) in [6.07, 6.45) is 0. The van der Waals surface area contributed by atoms with Crippen LogP contribution in [0, 0.1) is 6.92 Å². The Bertz CT molecular complexity index is 192. The first-order valence-corrected chi connectivity index (χ1v) is 3.54. The highest BCUT2D eigenvalue weighted by molar-refractivity contribution is 5.05. The Morgan fingerprint density at radius 3 is 3.00 bits per heavy atom. The van der Waals surface area contributed by atoms with Gasteiger partial charge >= 0.3 is 0 Å². The normalized spacial score (nSPS) is 10.2. The highest BCUT2D eigenvalue weighted by atomic mass is 15.1. The molecule has 0 aliphatic rings. The number of hydrogen-bond acceptors (Lipinski definition) is 2. The van der Waals surface area contributed by atoms with Crippen LogP contribution in [0.4, 0.5) is 0 Å². The van der Waals surface area contributed by atoms with Crippen LogP contribution in [0.25, 0.3) is 0 Å². The van der Waals surface area contributed by atoms with Crippen molar-refractivity contribution in [2.75, 3.05) is 6.54 Å². The Balaban J connectivity index is 2.42. The Hall–Kier alpha value is -0.830. The molecule has 3 nitrogen and oxygen atoms in total. The van der Waals surface area contributed by atoms with Crippen LogP contribution in [0.15, 0.2) is 6.07 Å². The average molecular weight is 139 g/mol. The standard InChI is InChI=1S/C7H13N3/c1-3-8-5-7-4-6(2)9-10-7/h4,8H,3,5H2,1-2H3,(H,9,10). The lowest BCUT2D eigenvalue weighted by atomic mass is 10.4. The number of aryl methyl sites for hydroxylation is 1. The van der Waals surface area contributed by atoms with E-state index in [9.17, 15) is 0 Å². The predicted octanol–water partition coefficient (Wildman–Crippen LogP) is 0.828. The van der Waals surface area contributed by atoms with Crippen LogP contribution in [0.2, 0.25) is 0 Å². The summed E-state index contributed by atoms with van der Waals surface area (Å²) in [4.78, 5) is 0. The molecular weight excluding hydrogens is 126 g/mol. The van der Waals surface area contributed by atoms with Crippen LogP contribution in [0.3, 0.4) is 0 Å². The minimum Gasteiger partial charge on any atom is -0.311 e. The maximum absolute atomic E-state index is 4.07. The molecule has 0 atom stereocenters. The maximum Gasteiger partial charge on any atom is 0.0762 e. The fourth-order valence-corrected chi connectivity index (χ4v) is 0.818. The second-order valence-corrected chi connectivity index (χ2v) is 2.32. The summed E-state index contributed by atoms with van der Waals surface area (Å²) in [7, 11) is 0. The summed E-state index contributed by atoms with van der Waals surface area (Å²) < 4.78 is 0. The third-order valence-corrected chi connectivity index (χ3v) is 1.32. The molecule has 0 unspecified atom stereocenters. The minimum atomic E-state index is 0.862. The van der Waals surface area contributed by atoms with Gasteiger partial charge in [0, 0.05) is 12.2 Å².